The van der Waals surface area contributed by atoms with Crippen LogP contribution in [0.15, 0.2) is 48.5 Å². The number of nitrogens with one attached hydrogen (secondary N) is 1. The van der Waals surface area contributed by atoms with E-state index in [1.807, 2.05) is 48.5 Å². The molecule has 2 amide bonds. The Hall–Kier alpha value is -3.40. The SMILES string of the molecule is CN(C(=O)C(CC(=O)O)NC(=O)OCC1c2ccccc2-c2ccccc21)C1CCS(=O)(=O)CC1. The van der Waals surface area contributed by atoms with Gasteiger partial charge in [0.25, 0.3) is 0 Å². The highest BCUT2D eigenvalue weighted by Crippen LogP contribution is 2.44. The summed E-state index contributed by atoms with van der Waals surface area (Å²) in [6.07, 6.45) is -0.950. The van der Waals surface area contributed by atoms with Gasteiger partial charge in [-0.05, 0) is 35.1 Å². The lowest BCUT2D eigenvalue weighted by atomic mass is 9.98. The van der Waals surface area contributed by atoms with Crippen molar-refractivity contribution < 1.29 is 32.6 Å². The molecule has 2 aliphatic rings. The normalized spacial score (nSPS) is 17.6. The van der Waals surface area contributed by atoms with Crippen LogP contribution in [-0.4, -0.2) is 73.6 Å². The third kappa shape index (κ3) is 5.48. The first kappa shape index (κ1) is 24.7. The minimum Gasteiger partial charge on any atom is -0.481 e. The Morgan fingerprint density at radius 1 is 1.03 bits per heavy atom. The Balaban J connectivity index is 1.41. The quantitative estimate of drug-likeness (QED) is 0.597. The van der Waals surface area contributed by atoms with Gasteiger partial charge in [0.1, 0.15) is 22.5 Å². The Bertz CT molecular complexity index is 1180. The summed E-state index contributed by atoms with van der Waals surface area (Å²) in [7, 11) is -1.61. The van der Waals surface area contributed by atoms with Gasteiger partial charge in [-0.15, -0.1) is 0 Å². The van der Waals surface area contributed by atoms with Crippen molar-refractivity contribution in [3.8, 4) is 11.1 Å². The van der Waals surface area contributed by atoms with Crippen molar-refractivity contribution in [3.63, 3.8) is 0 Å². The Morgan fingerprint density at radius 3 is 2.11 bits per heavy atom. The Kier molecular flexibility index (Phi) is 7.11. The van der Waals surface area contributed by atoms with Crippen molar-refractivity contribution in [3.05, 3.63) is 59.7 Å². The zero-order chi connectivity index (χ0) is 25.2. The van der Waals surface area contributed by atoms with Crippen LogP contribution in [0, 0.1) is 0 Å². The molecule has 0 aromatic heterocycles. The topological polar surface area (TPSA) is 130 Å². The second kappa shape index (κ2) is 10.1. The van der Waals surface area contributed by atoms with Crippen LogP contribution in [0.2, 0.25) is 0 Å². The number of hydrogen-bond donors (Lipinski definition) is 2. The molecule has 35 heavy (non-hydrogen) atoms. The molecule has 1 fully saturated rings. The van der Waals surface area contributed by atoms with Gasteiger partial charge < -0.3 is 20.1 Å². The van der Waals surface area contributed by atoms with Crippen molar-refractivity contribution in [2.45, 2.75) is 37.3 Å². The molecule has 1 aliphatic carbocycles. The number of benzene rings is 2. The maximum absolute atomic E-state index is 13.0. The molecule has 10 heteroatoms. The molecule has 1 saturated heterocycles. The molecule has 0 radical (unpaired) electrons. The van der Waals surface area contributed by atoms with Gasteiger partial charge in [-0.1, -0.05) is 48.5 Å². The zero-order valence-electron chi connectivity index (χ0n) is 19.3. The van der Waals surface area contributed by atoms with Crippen LogP contribution in [0.4, 0.5) is 4.79 Å². The van der Waals surface area contributed by atoms with Crippen LogP contribution in [-0.2, 0) is 24.2 Å². The first-order valence-electron chi connectivity index (χ1n) is 11.5. The van der Waals surface area contributed by atoms with Gasteiger partial charge in [0.2, 0.25) is 5.91 Å². The Morgan fingerprint density at radius 2 is 1.57 bits per heavy atom. The Labute approximate surface area is 204 Å². The highest BCUT2D eigenvalue weighted by molar-refractivity contribution is 7.91. The summed E-state index contributed by atoms with van der Waals surface area (Å²) in [5.41, 5.74) is 4.22. The predicted octanol–water partition coefficient (Wildman–Crippen LogP) is 2.40. The number of rotatable bonds is 7. The number of carboxylic acid groups (broad SMARTS) is 1. The summed E-state index contributed by atoms with van der Waals surface area (Å²) in [6, 6.07) is 14.1. The maximum atomic E-state index is 13.0. The van der Waals surface area contributed by atoms with E-state index in [-0.39, 0.29) is 42.9 Å². The lowest BCUT2D eigenvalue weighted by Gasteiger charge is -2.33. The fraction of sp³-hybridized carbons (Fsp3) is 0.400. The first-order chi connectivity index (χ1) is 16.7. The van der Waals surface area contributed by atoms with Crippen molar-refractivity contribution in [1.29, 1.82) is 0 Å². The van der Waals surface area contributed by atoms with Gasteiger partial charge in [0, 0.05) is 19.0 Å². The highest BCUT2D eigenvalue weighted by Gasteiger charge is 2.34. The van der Waals surface area contributed by atoms with E-state index >= 15 is 0 Å². The minimum atomic E-state index is -3.11. The number of nitrogens with zero attached hydrogens (tertiary/aromatic N) is 1. The molecular formula is C25H28N2O7S. The molecule has 0 bridgehead atoms. The van der Waals surface area contributed by atoms with E-state index in [4.69, 9.17) is 4.74 Å². The largest absolute Gasteiger partial charge is 0.481 e. The molecule has 1 aliphatic heterocycles. The highest BCUT2D eigenvalue weighted by atomic mass is 32.2. The van der Waals surface area contributed by atoms with Crippen molar-refractivity contribution in [1.82, 2.24) is 10.2 Å². The van der Waals surface area contributed by atoms with E-state index in [9.17, 15) is 27.9 Å². The minimum absolute atomic E-state index is 0.0291. The van der Waals surface area contributed by atoms with Gasteiger partial charge in [-0.3, -0.25) is 9.59 Å². The van der Waals surface area contributed by atoms with Crippen LogP contribution in [0.1, 0.15) is 36.3 Å². The lowest BCUT2D eigenvalue weighted by Crippen LogP contribution is -2.52. The summed E-state index contributed by atoms with van der Waals surface area (Å²) in [4.78, 5) is 38.4. The third-order valence-corrected chi connectivity index (χ3v) is 8.45. The number of hydrogen-bond acceptors (Lipinski definition) is 6. The molecule has 0 saturated carbocycles. The van der Waals surface area contributed by atoms with Gasteiger partial charge in [-0.2, -0.15) is 0 Å². The number of amides is 2. The lowest BCUT2D eigenvalue weighted by molar-refractivity contribution is -0.143. The van der Waals surface area contributed by atoms with Gasteiger partial charge in [0.05, 0.1) is 17.9 Å². The number of sulfone groups is 1. The molecule has 4 rings (SSSR count). The molecule has 1 heterocycles. The zero-order valence-corrected chi connectivity index (χ0v) is 20.2. The standard InChI is InChI=1S/C25H28N2O7S/c1-27(16-10-12-35(32,33)13-11-16)24(30)22(14-23(28)29)26-25(31)34-15-21-19-8-4-2-6-17(19)18-7-3-5-9-20(18)21/h2-9,16,21-22H,10-15H2,1H3,(H,26,31)(H,28,29). The fourth-order valence-corrected chi connectivity index (χ4v) is 6.31. The van der Waals surface area contributed by atoms with E-state index in [1.54, 1.807) is 0 Å². The summed E-state index contributed by atoms with van der Waals surface area (Å²) in [6.45, 7) is 0.0319. The molecule has 1 unspecified atom stereocenters. The fourth-order valence-electron chi connectivity index (χ4n) is 4.85. The summed E-state index contributed by atoms with van der Waals surface area (Å²) >= 11 is 0. The van der Waals surface area contributed by atoms with Gasteiger partial charge in [-0.25, -0.2) is 13.2 Å². The summed E-state index contributed by atoms with van der Waals surface area (Å²) in [5, 5.41) is 11.7. The average Bonchev–Trinajstić information content (AvgIpc) is 3.15. The summed E-state index contributed by atoms with van der Waals surface area (Å²) in [5.74, 6) is -2.07. The number of likely N-dealkylation sites (N-methyl/N-ethyl adjacent to an activating group) is 1. The smallest absolute Gasteiger partial charge is 0.407 e. The van der Waals surface area contributed by atoms with E-state index in [2.05, 4.69) is 5.32 Å². The molecule has 186 valence electrons. The second-order valence-corrected chi connectivity index (χ2v) is 11.3. The van der Waals surface area contributed by atoms with Gasteiger partial charge in [0.15, 0.2) is 0 Å². The van der Waals surface area contributed by atoms with E-state index in [0.717, 1.165) is 22.3 Å². The van der Waals surface area contributed by atoms with Crippen LogP contribution >= 0.6 is 0 Å². The number of ether oxygens (including phenoxy) is 1. The number of carboxylic acids is 1. The first-order valence-corrected chi connectivity index (χ1v) is 13.3. The number of alkyl carbamates (subject to hydrolysis) is 1. The monoisotopic (exact) mass is 500 g/mol. The van der Waals surface area contributed by atoms with Crippen molar-refractivity contribution in [2.24, 2.45) is 0 Å². The number of carbonyl (C=O) groups excluding carboxylic acids is 2. The summed E-state index contributed by atoms with van der Waals surface area (Å²) < 4.78 is 28.8. The molecule has 2 aromatic rings. The van der Waals surface area contributed by atoms with Crippen LogP contribution < -0.4 is 5.32 Å². The van der Waals surface area contributed by atoms with Gasteiger partial charge >= 0.3 is 12.1 Å². The number of carbonyl (C=O) groups is 3. The molecule has 1 atom stereocenters. The van der Waals surface area contributed by atoms with E-state index in [0.29, 0.717) is 0 Å². The van der Waals surface area contributed by atoms with Crippen LogP contribution in [0.25, 0.3) is 11.1 Å². The number of fused-ring (bicyclic) bond motifs is 3. The number of aliphatic carboxylic acids is 1. The predicted molar refractivity (Wildman–Crippen MR) is 129 cm³/mol. The van der Waals surface area contributed by atoms with E-state index in [1.165, 1.54) is 11.9 Å². The molecule has 9 nitrogen and oxygen atoms in total. The maximum Gasteiger partial charge on any atom is 0.407 e. The van der Waals surface area contributed by atoms with Crippen molar-refractivity contribution >= 4 is 27.8 Å². The average molecular weight is 501 g/mol. The van der Waals surface area contributed by atoms with E-state index < -0.39 is 40.3 Å². The molecule has 2 N–H and O–H groups in total. The molecular weight excluding hydrogens is 472 g/mol. The molecule has 2 aromatic carbocycles. The molecule has 0 spiro atoms. The van der Waals surface area contributed by atoms with Crippen LogP contribution in [0.3, 0.4) is 0 Å². The third-order valence-electron chi connectivity index (χ3n) is 6.73. The van der Waals surface area contributed by atoms with Crippen LogP contribution in [0.5, 0.6) is 0 Å². The second-order valence-electron chi connectivity index (χ2n) is 8.95. The van der Waals surface area contributed by atoms with Crippen molar-refractivity contribution in [2.75, 3.05) is 25.2 Å².